The van der Waals surface area contributed by atoms with Gasteiger partial charge in [-0.1, -0.05) is 36.4 Å². The normalized spacial score (nSPS) is 26.5. The quantitative estimate of drug-likeness (QED) is 0.202. The SMILES string of the molecule is CN1CC[C@]23c4c5ccc(O)c4O[C@H]2C(OC(=O)CCC(=O)O[C@H](C(=O)O[C@H](CC(=O)O)C(=O)O)c2ccccc2)=CC[C@@]3(O)[C@@H]1C5. The highest BCUT2D eigenvalue weighted by Crippen LogP contribution is 2.65. The number of likely N-dealkylation sites (tertiary alicyclic amines) is 1. The predicted octanol–water partition coefficient (Wildman–Crippen LogP) is 1.75. The van der Waals surface area contributed by atoms with Gasteiger partial charge in [0.2, 0.25) is 12.2 Å². The van der Waals surface area contributed by atoms with Crippen molar-refractivity contribution in [2.24, 2.45) is 0 Å². The Morgan fingerprint density at radius 3 is 2.45 bits per heavy atom. The number of piperidine rings is 1. The molecular weight excluding hydrogens is 618 g/mol. The number of hydrogen-bond donors (Lipinski definition) is 4. The highest BCUT2D eigenvalue weighted by molar-refractivity contribution is 5.86. The first-order valence-electron chi connectivity index (χ1n) is 15.1. The van der Waals surface area contributed by atoms with Crippen molar-refractivity contribution in [2.75, 3.05) is 13.6 Å². The molecule has 2 bridgehead atoms. The molecule has 4 aliphatic rings. The number of phenolic OH excluding ortho intramolecular Hbond substituents is 1. The van der Waals surface area contributed by atoms with Gasteiger partial charge in [0.05, 0.1) is 30.3 Å². The van der Waals surface area contributed by atoms with E-state index in [2.05, 4.69) is 4.90 Å². The number of hydrogen-bond acceptors (Lipinski definition) is 12. The van der Waals surface area contributed by atoms with Crippen molar-refractivity contribution in [3.8, 4) is 11.5 Å². The number of likely N-dealkylation sites (N-methyl/N-ethyl adjacent to an activating group) is 1. The molecule has 14 heteroatoms. The third kappa shape index (κ3) is 5.36. The highest BCUT2D eigenvalue weighted by Gasteiger charge is 2.72. The first kappa shape index (κ1) is 32.0. The van der Waals surface area contributed by atoms with E-state index >= 15 is 0 Å². The fourth-order valence-electron chi connectivity index (χ4n) is 7.43. The van der Waals surface area contributed by atoms with Crippen LogP contribution >= 0.6 is 0 Å². The lowest BCUT2D eigenvalue weighted by molar-refractivity contribution is -0.179. The van der Waals surface area contributed by atoms with E-state index in [1.165, 1.54) is 24.3 Å². The van der Waals surface area contributed by atoms with Crippen LogP contribution < -0.4 is 4.74 Å². The van der Waals surface area contributed by atoms with E-state index < -0.39 is 78.4 Å². The maximum atomic E-state index is 13.1. The number of aliphatic carboxylic acids is 2. The maximum Gasteiger partial charge on any atom is 0.353 e. The number of aromatic hydroxyl groups is 1. The number of phenols is 1. The van der Waals surface area contributed by atoms with E-state index in [1.54, 1.807) is 18.2 Å². The van der Waals surface area contributed by atoms with Gasteiger partial charge in [0, 0.05) is 23.6 Å². The highest BCUT2D eigenvalue weighted by atomic mass is 16.6. The summed E-state index contributed by atoms with van der Waals surface area (Å²) in [7, 11) is 1.95. The standard InChI is InChI=1S/C33H33NO13/c1-34-14-13-32-26-18-7-8-19(35)28(26)47-29(32)20(11-12-33(32,43)22(34)15-18)44-24(38)9-10-25(39)46-27(17-5-3-2-4-6-17)31(42)45-21(30(40)41)16-23(36)37/h2-8,11,21-22,27,29,35,43H,9-10,12-16H2,1H3,(H,36,37)(H,40,41)/t21-,22+,27+,29+,32+,33-/m1/s1. The van der Waals surface area contributed by atoms with Crippen LogP contribution in [-0.2, 0) is 50.0 Å². The summed E-state index contributed by atoms with van der Waals surface area (Å²) in [4.78, 5) is 63.4. The number of aliphatic hydroxyl groups is 1. The first-order valence-corrected chi connectivity index (χ1v) is 15.1. The number of benzene rings is 2. The third-order valence-electron chi connectivity index (χ3n) is 9.58. The molecule has 2 aromatic carbocycles. The molecule has 248 valence electrons. The predicted molar refractivity (Wildman–Crippen MR) is 157 cm³/mol. The molecule has 0 saturated carbocycles. The molecule has 2 aliphatic carbocycles. The number of esters is 3. The van der Waals surface area contributed by atoms with Crippen LogP contribution in [0.4, 0.5) is 0 Å². The van der Waals surface area contributed by atoms with Gasteiger partial charge in [-0.15, -0.1) is 0 Å². The van der Waals surface area contributed by atoms with Crippen LogP contribution in [-0.4, -0.2) is 92.6 Å². The largest absolute Gasteiger partial charge is 0.504 e. The Hall–Kier alpha value is -4.95. The van der Waals surface area contributed by atoms with E-state index in [4.69, 9.17) is 24.1 Å². The number of rotatable bonds is 11. The molecule has 6 rings (SSSR count). The molecule has 2 aromatic rings. The molecule has 47 heavy (non-hydrogen) atoms. The Labute approximate surface area is 268 Å². The first-order chi connectivity index (χ1) is 22.4. The van der Waals surface area contributed by atoms with Crippen molar-refractivity contribution in [1.82, 2.24) is 4.90 Å². The lowest BCUT2D eigenvalue weighted by atomic mass is 9.50. The molecule has 6 atom stereocenters. The summed E-state index contributed by atoms with van der Waals surface area (Å²) in [5.74, 6) is -6.00. The van der Waals surface area contributed by atoms with Gasteiger partial charge in [-0.05, 0) is 44.1 Å². The van der Waals surface area contributed by atoms with Crippen molar-refractivity contribution in [2.45, 2.75) is 73.9 Å². The Morgan fingerprint density at radius 2 is 1.74 bits per heavy atom. The van der Waals surface area contributed by atoms with E-state index in [1.807, 2.05) is 13.1 Å². The second-order valence-electron chi connectivity index (χ2n) is 12.2. The Bertz CT molecular complexity index is 1670. The molecule has 0 aromatic heterocycles. The summed E-state index contributed by atoms with van der Waals surface area (Å²) in [6, 6.07) is 10.7. The van der Waals surface area contributed by atoms with Gasteiger partial charge in [0.25, 0.3) is 0 Å². The molecule has 2 heterocycles. The summed E-state index contributed by atoms with van der Waals surface area (Å²) in [5, 5.41) is 41.1. The van der Waals surface area contributed by atoms with Crippen molar-refractivity contribution >= 4 is 29.8 Å². The maximum absolute atomic E-state index is 13.1. The monoisotopic (exact) mass is 651 g/mol. The molecular formula is C33H33NO13. The van der Waals surface area contributed by atoms with Crippen LogP contribution in [0.15, 0.2) is 54.3 Å². The topological polar surface area (TPSA) is 206 Å². The van der Waals surface area contributed by atoms with Gasteiger partial charge in [-0.2, -0.15) is 0 Å². The van der Waals surface area contributed by atoms with Crippen LogP contribution in [0.1, 0.15) is 54.9 Å². The Balaban J connectivity index is 1.15. The summed E-state index contributed by atoms with van der Waals surface area (Å²) in [5.41, 5.74) is -0.404. The third-order valence-corrected chi connectivity index (χ3v) is 9.58. The molecule has 14 nitrogen and oxygen atoms in total. The molecule has 1 spiro atoms. The zero-order chi connectivity index (χ0) is 33.7. The fourth-order valence-corrected chi connectivity index (χ4v) is 7.43. The van der Waals surface area contributed by atoms with Crippen molar-refractivity contribution in [3.63, 3.8) is 0 Å². The minimum Gasteiger partial charge on any atom is -0.504 e. The summed E-state index contributed by atoms with van der Waals surface area (Å²) in [6.45, 7) is 0.642. The molecule has 4 N–H and O–H groups in total. The van der Waals surface area contributed by atoms with Crippen LogP contribution in [0.2, 0.25) is 0 Å². The van der Waals surface area contributed by atoms with Crippen LogP contribution in [0.5, 0.6) is 11.5 Å². The van der Waals surface area contributed by atoms with Crippen molar-refractivity contribution < 1.29 is 63.3 Å². The second-order valence-corrected chi connectivity index (χ2v) is 12.2. The van der Waals surface area contributed by atoms with Crippen LogP contribution in [0.25, 0.3) is 0 Å². The van der Waals surface area contributed by atoms with E-state index in [0.29, 0.717) is 19.4 Å². The number of carboxylic acids is 2. The molecule has 0 amide bonds. The summed E-state index contributed by atoms with van der Waals surface area (Å²) in [6.07, 6.45) is -3.84. The zero-order valence-electron chi connectivity index (χ0n) is 25.3. The van der Waals surface area contributed by atoms with E-state index in [9.17, 15) is 39.3 Å². The summed E-state index contributed by atoms with van der Waals surface area (Å²) < 4.78 is 22.1. The molecule has 0 unspecified atom stereocenters. The van der Waals surface area contributed by atoms with Gasteiger partial charge < -0.3 is 44.3 Å². The minimum absolute atomic E-state index is 0.0789. The fraction of sp³-hybridized carbons (Fsp3) is 0.424. The van der Waals surface area contributed by atoms with E-state index in [-0.39, 0.29) is 35.3 Å². The smallest absolute Gasteiger partial charge is 0.353 e. The lowest BCUT2D eigenvalue weighted by Gasteiger charge is -2.61. The lowest BCUT2D eigenvalue weighted by Crippen LogP contribution is -2.74. The van der Waals surface area contributed by atoms with Gasteiger partial charge >= 0.3 is 29.8 Å². The average molecular weight is 652 g/mol. The molecule has 1 fully saturated rings. The second kappa shape index (κ2) is 12.0. The summed E-state index contributed by atoms with van der Waals surface area (Å²) >= 11 is 0. The molecule has 2 aliphatic heterocycles. The number of carbonyl (C=O) groups is 5. The Kier molecular flexibility index (Phi) is 8.18. The van der Waals surface area contributed by atoms with Gasteiger partial charge in [0.15, 0.2) is 17.6 Å². The van der Waals surface area contributed by atoms with Crippen molar-refractivity contribution in [1.29, 1.82) is 0 Å². The van der Waals surface area contributed by atoms with Crippen molar-refractivity contribution in [3.05, 3.63) is 71.0 Å². The van der Waals surface area contributed by atoms with Gasteiger partial charge in [-0.3, -0.25) is 14.4 Å². The number of carboxylic acid groups (broad SMARTS) is 2. The number of nitrogens with zero attached hydrogens (tertiary/aromatic N) is 1. The number of ether oxygens (including phenoxy) is 4. The number of carbonyl (C=O) groups excluding carboxylic acids is 3. The minimum atomic E-state index is -2.02. The average Bonchev–Trinajstić information content (AvgIpc) is 3.39. The zero-order valence-corrected chi connectivity index (χ0v) is 25.3. The molecule has 1 saturated heterocycles. The van der Waals surface area contributed by atoms with Crippen LogP contribution in [0, 0.1) is 0 Å². The Morgan fingerprint density at radius 1 is 1.02 bits per heavy atom. The van der Waals surface area contributed by atoms with Gasteiger partial charge in [0.1, 0.15) is 5.76 Å². The molecule has 0 radical (unpaired) electrons. The van der Waals surface area contributed by atoms with E-state index in [0.717, 1.165) is 11.1 Å². The van der Waals surface area contributed by atoms with Gasteiger partial charge in [-0.25, -0.2) is 9.59 Å². The van der Waals surface area contributed by atoms with Crippen LogP contribution in [0.3, 0.4) is 0 Å².